The van der Waals surface area contributed by atoms with E-state index in [1.54, 1.807) is 54.9 Å². The van der Waals surface area contributed by atoms with E-state index in [9.17, 15) is 13.5 Å². The first kappa shape index (κ1) is 21.0. The molecule has 1 heterocycles. The number of aromatic nitrogens is 1. The minimum Gasteiger partial charge on any atom is -0.387 e. The quantitative estimate of drug-likeness (QED) is 0.471. The summed E-state index contributed by atoms with van der Waals surface area (Å²) < 4.78 is 27.5. The van der Waals surface area contributed by atoms with Gasteiger partial charge in [-0.1, -0.05) is 35.9 Å². The lowest BCUT2D eigenvalue weighted by atomic mass is 10.1. The minimum atomic E-state index is -3.59. The molecule has 0 amide bonds. The Bertz CT molecular complexity index is 1010. The second-order valence-corrected chi connectivity index (χ2v) is 8.55. The third-order valence-corrected chi connectivity index (χ3v) is 5.93. The Hall–Kier alpha value is -2.74. The first-order valence-electron chi connectivity index (χ1n) is 9.41. The number of rotatable bonds is 9. The Kier molecular flexibility index (Phi) is 6.98. The molecule has 2 aromatic carbocycles. The standard InChI is InChI=1S/C22H25N3O3S/c1-17-4-10-21(11-5-17)29(27,28)25-20-8-6-18(7-9-20)12-14-24-16-22(26)19-3-2-13-23-15-19/h2-11,13,15,22,24-26H,12,14,16H2,1H3/t22-/m0/s1. The van der Waals surface area contributed by atoms with E-state index >= 15 is 0 Å². The average Bonchev–Trinajstić information content (AvgIpc) is 2.73. The smallest absolute Gasteiger partial charge is 0.261 e. The van der Waals surface area contributed by atoms with Crippen molar-refractivity contribution < 1.29 is 13.5 Å². The van der Waals surface area contributed by atoms with Crippen LogP contribution in [0.5, 0.6) is 0 Å². The highest BCUT2D eigenvalue weighted by molar-refractivity contribution is 7.92. The van der Waals surface area contributed by atoms with Gasteiger partial charge in [0, 0.05) is 30.2 Å². The van der Waals surface area contributed by atoms with E-state index < -0.39 is 16.1 Å². The van der Waals surface area contributed by atoms with Crippen LogP contribution in [0.2, 0.25) is 0 Å². The van der Waals surface area contributed by atoms with Crippen LogP contribution in [0.15, 0.2) is 78.0 Å². The Morgan fingerprint density at radius 3 is 2.41 bits per heavy atom. The number of aryl methyl sites for hydroxylation is 1. The van der Waals surface area contributed by atoms with Crippen LogP contribution < -0.4 is 10.0 Å². The van der Waals surface area contributed by atoms with Crippen LogP contribution in [0, 0.1) is 6.92 Å². The number of benzene rings is 2. The van der Waals surface area contributed by atoms with Gasteiger partial charge in [-0.25, -0.2) is 8.42 Å². The summed E-state index contributed by atoms with van der Waals surface area (Å²) in [7, 11) is -3.59. The van der Waals surface area contributed by atoms with Crippen molar-refractivity contribution in [2.45, 2.75) is 24.3 Å². The Morgan fingerprint density at radius 1 is 1.03 bits per heavy atom. The van der Waals surface area contributed by atoms with Crippen LogP contribution in [0.1, 0.15) is 22.8 Å². The van der Waals surface area contributed by atoms with Gasteiger partial charge >= 0.3 is 0 Å². The number of pyridine rings is 1. The van der Waals surface area contributed by atoms with Gasteiger partial charge in [0.2, 0.25) is 0 Å². The van der Waals surface area contributed by atoms with Gasteiger partial charge in [-0.15, -0.1) is 0 Å². The van der Waals surface area contributed by atoms with Gasteiger partial charge in [0.25, 0.3) is 10.0 Å². The number of nitrogens with one attached hydrogen (secondary N) is 2. The minimum absolute atomic E-state index is 0.239. The van der Waals surface area contributed by atoms with Gasteiger partial charge in [-0.05, 0) is 55.8 Å². The van der Waals surface area contributed by atoms with Crippen LogP contribution in [0.3, 0.4) is 0 Å². The van der Waals surface area contributed by atoms with Gasteiger partial charge in [-0.3, -0.25) is 9.71 Å². The summed E-state index contributed by atoms with van der Waals surface area (Å²) in [5, 5.41) is 13.3. The summed E-state index contributed by atoms with van der Waals surface area (Å²) in [6.07, 6.45) is 3.50. The molecule has 3 rings (SSSR count). The largest absolute Gasteiger partial charge is 0.387 e. The van der Waals surface area contributed by atoms with Crippen molar-refractivity contribution in [3.8, 4) is 0 Å². The Labute approximate surface area is 171 Å². The first-order valence-corrected chi connectivity index (χ1v) is 10.9. The predicted octanol–water partition coefficient (Wildman–Crippen LogP) is 3.06. The van der Waals surface area contributed by atoms with E-state index in [-0.39, 0.29) is 4.90 Å². The molecule has 0 fully saturated rings. The summed E-state index contributed by atoms with van der Waals surface area (Å²) in [6.45, 7) is 3.06. The zero-order valence-corrected chi connectivity index (χ0v) is 17.1. The third-order valence-electron chi connectivity index (χ3n) is 4.53. The summed E-state index contributed by atoms with van der Waals surface area (Å²) in [6, 6.07) is 17.7. The van der Waals surface area contributed by atoms with E-state index in [2.05, 4.69) is 15.0 Å². The molecule has 0 radical (unpaired) electrons. The lowest BCUT2D eigenvalue weighted by molar-refractivity contribution is 0.174. The molecule has 1 atom stereocenters. The summed E-state index contributed by atoms with van der Waals surface area (Å²) in [4.78, 5) is 4.24. The van der Waals surface area contributed by atoms with Crippen molar-refractivity contribution in [3.05, 3.63) is 89.7 Å². The van der Waals surface area contributed by atoms with Crippen molar-refractivity contribution in [1.29, 1.82) is 0 Å². The lowest BCUT2D eigenvalue weighted by Crippen LogP contribution is -2.23. The molecule has 1 aromatic heterocycles. The van der Waals surface area contributed by atoms with E-state index in [0.29, 0.717) is 18.8 Å². The van der Waals surface area contributed by atoms with Gasteiger partial charge in [-0.2, -0.15) is 0 Å². The van der Waals surface area contributed by atoms with Crippen molar-refractivity contribution >= 4 is 15.7 Å². The van der Waals surface area contributed by atoms with E-state index in [1.807, 2.05) is 25.1 Å². The van der Waals surface area contributed by atoms with Crippen LogP contribution >= 0.6 is 0 Å². The normalized spacial score (nSPS) is 12.5. The molecule has 0 spiro atoms. The number of hydrogen-bond donors (Lipinski definition) is 3. The maximum atomic E-state index is 12.4. The molecule has 6 nitrogen and oxygen atoms in total. The number of aliphatic hydroxyl groups is 1. The van der Waals surface area contributed by atoms with Crippen molar-refractivity contribution in [3.63, 3.8) is 0 Å². The highest BCUT2D eigenvalue weighted by atomic mass is 32.2. The fourth-order valence-corrected chi connectivity index (χ4v) is 3.89. The molecule has 3 N–H and O–H groups in total. The van der Waals surface area contributed by atoms with E-state index in [0.717, 1.165) is 23.1 Å². The Balaban J connectivity index is 1.48. The molecule has 0 saturated heterocycles. The predicted molar refractivity (Wildman–Crippen MR) is 114 cm³/mol. The molecule has 152 valence electrons. The van der Waals surface area contributed by atoms with Gasteiger partial charge in [0.1, 0.15) is 0 Å². The van der Waals surface area contributed by atoms with Crippen molar-refractivity contribution in [2.24, 2.45) is 0 Å². The van der Waals surface area contributed by atoms with Crippen LogP contribution in [0.25, 0.3) is 0 Å². The molecule has 0 bridgehead atoms. The molecule has 7 heteroatoms. The number of anilines is 1. The lowest BCUT2D eigenvalue weighted by Gasteiger charge is -2.12. The Morgan fingerprint density at radius 2 is 1.76 bits per heavy atom. The first-order chi connectivity index (χ1) is 13.9. The maximum absolute atomic E-state index is 12.4. The monoisotopic (exact) mass is 411 g/mol. The number of aliphatic hydroxyl groups excluding tert-OH is 1. The molecule has 0 unspecified atom stereocenters. The molecule has 29 heavy (non-hydrogen) atoms. The second kappa shape index (κ2) is 9.65. The number of nitrogens with zero attached hydrogens (tertiary/aromatic N) is 1. The topological polar surface area (TPSA) is 91.3 Å². The van der Waals surface area contributed by atoms with Crippen LogP contribution in [0.4, 0.5) is 5.69 Å². The highest BCUT2D eigenvalue weighted by Gasteiger charge is 2.13. The maximum Gasteiger partial charge on any atom is 0.261 e. The molecule has 0 aliphatic carbocycles. The van der Waals surface area contributed by atoms with Gasteiger partial charge in [0.05, 0.1) is 11.0 Å². The third kappa shape index (κ3) is 6.12. The van der Waals surface area contributed by atoms with E-state index in [1.165, 1.54) is 0 Å². The average molecular weight is 412 g/mol. The van der Waals surface area contributed by atoms with Crippen molar-refractivity contribution in [1.82, 2.24) is 10.3 Å². The summed E-state index contributed by atoms with van der Waals surface area (Å²) in [5.41, 5.74) is 3.39. The summed E-state index contributed by atoms with van der Waals surface area (Å²) >= 11 is 0. The molecular formula is C22H25N3O3S. The molecular weight excluding hydrogens is 386 g/mol. The molecule has 0 aliphatic heterocycles. The SMILES string of the molecule is Cc1ccc(S(=O)(=O)Nc2ccc(CCNC[C@H](O)c3cccnc3)cc2)cc1. The summed E-state index contributed by atoms with van der Waals surface area (Å²) in [5.74, 6) is 0. The molecule has 0 saturated carbocycles. The van der Waals surface area contributed by atoms with Crippen LogP contribution in [-0.4, -0.2) is 31.6 Å². The highest BCUT2D eigenvalue weighted by Crippen LogP contribution is 2.17. The zero-order valence-electron chi connectivity index (χ0n) is 16.2. The van der Waals surface area contributed by atoms with Gasteiger partial charge in [0.15, 0.2) is 0 Å². The van der Waals surface area contributed by atoms with Crippen molar-refractivity contribution in [2.75, 3.05) is 17.8 Å². The number of sulfonamides is 1. The number of hydrogen-bond acceptors (Lipinski definition) is 5. The fourth-order valence-electron chi connectivity index (χ4n) is 2.83. The molecule has 0 aliphatic rings. The van der Waals surface area contributed by atoms with Gasteiger partial charge < -0.3 is 10.4 Å². The zero-order chi connectivity index (χ0) is 20.7. The van der Waals surface area contributed by atoms with E-state index in [4.69, 9.17) is 0 Å². The second-order valence-electron chi connectivity index (χ2n) is 6.87. The van der Waals surface area contributed by atoms with Crippen LogP contribution in [-0.2, 0) is 16.4 Å². The fraction of sp³-hybridized carbons (Fsp3) is 0.227. The molecule has 3 aromatic rings.